The second kappa shape index (κ2) is 8.88. The second-order valence-electron chi connectivity index (χ2n) is 4.82. The highest BCUT2D eigenvalue weighted by Gasteiger charge is 2.17. The van der Waals surface area contributed by atoms with Gasteiger partial charge in [0.05, 0.1) is 5.75 Å². The molecule has 0 fully saturated rings. The molecule has 16 heavy (non-hydrogen) atoms. The third-order valence-electron chi connectivity index (χ3n) is 2.43. The second-order valence-corrected chi connectivity index (χ2v) is 5.93. The van der Waals surface area contributed by atoms with Crippen LogP contribution in [0.15, 0.2) is 0 Å². The molecule has 0 aliphatic rings. The van der Waals surface area contributed by atoms with Gasteiger partial charge in [0.15, 0.2) is 0 Å². The SMILES string of the molecule is CCCCSCC(=O)NCC(C)(C)CCO. The number of carbonyl (C=O) groups excluding carboxylic acids is 1. The molecule has 2 N–H and O–H groups in total. The largest absolute Gasteiger partial charge is 0.396 e. The molecule has 3 nitrogen and oxygen atoms in total. The maximum atomic E-state index is 11.5. The van der Waals surface area contributed by atoms with E-state index in [-0.39, 0.29) is 17.9 Å². The predicted octanol–water partition coefficient (Wildman–Crippen LogP) is 2.04. The van der Waals surface area contributed by atoms with Crippen LogP contribution in [-0.2, 0) is 4.79 Å². The average molecular weight is 247 g/mol. The van der Waals surface area contributed by atoms with Crippen LogP contribution in [0, 0.1) is 5.41 Å². The van der Waals surface area contributed by atoms with Crippen LogP contribution < -0.4 is 5.32 Å². The number of carbonyl (C=O) groups is 1. The molecule has 0 unspecified atom stereocenters. The van der Waals surface area contributed by atoms with E-state index in [0.717, 1.165) is 12.2 Å². The number of unbranched alkanes of at least 4 members (excludes halogenated alkanes) is 1. The van der Waals surface area contributed by atoms with Crippen molar-refractivity contribution in [2.24, 2.45) is 5.41 Å². The molecule has 0 saturated carbocycles. The van der Waals surface area contributed by atoms with Crippen molar-refractivity contribution in [3.63, 3.8) is 0 Å². The number of rotatable bonds is 9. The van der Waals surface area contributed by atoms with E-state index in [4.69, 9.17) is 5.11 Å². The van der Waals surface area contributed by atoms with Crippen LogP contribution in [0.2, 0.25) is 0 Å². The molecule has 0 spiro atoms. The van der Waals surface area contributed by atoms with E-state index < -0.39 is 0 Å². The molecule has 0 aliphatic heterocycles. The van der Waals surface area contributed by atoms with Gasteiger partial charge in [-0.15, -0.1) is 0 Å². The molecule has 0 radical (unpaired) electrons. The molecule has 0 aliphatic carbocycles. The summed E-state index contributed by atoms with van der Waals surface area (Å²) in [7, 11) is 0. The summed E-state index contributed by atoms with van der Waals surface area (Å²) in [5.74, 6) is 1.71. The van der Waals surface area contributed by atoms with Gasteiger partial charge in [0.25, 0.3) is 0 Å². The zero-order chi connectivity index (χ0) is 12.4. The van der Waals surface area contributed by atoms with Crippen LogP contribution >= 0.6 is 11.8 Å². The molecule has 0 rings (SSSR count). The number of aliphatic hydroxyl groups is 1. The molecule has 0 aromatic heterocycles. The Bertz CT molecular complexity index is 195. The van der Waals surface area contributed by atoms with Gasteiger partial charge in [-0.1, -0.05) is 27.2 Å². The molecule has 0 atom stereocenters. The van der Waals surface area contributed by atoms with Crippen molar-refractivity contribution in [3.05, 3.63) is 0 Å². The minimum Gasteiger partial charge on any atom is -0.396 e. The highest BCUT2D eigenvalue weighted by atomic mass is 32.2. The lowest BCUT2D eigenvalue weighted by atomic mass is 9.90. The first-order valence-corrected chi connectivity index (χ1v) is 7.12. The lowest BCUT2D eigenvalue weighted by Gasteiger charge is -2.23. The Morgan fingerprint density at radius 1 is 1.44 bits per heavy atom. The lowest BCUT2D eigenvalue weighted by molar-refractivity contribution is -0.119. The maximum Gasteiger partial charge on any atom is 0.230 e. The number of hydrogen-bond donors (Lipinski definition) is 2. The highest BCUT2D eigenvalue weighted by Crippen LogP contribution is 2.17. The summed E-state index contributed by atoms with van der Waals surface area (Å²) < 4.78 is 0. The Labute approximate surface area is 103 Å². The van der Waals surface area contributed by atoms with Gasteiger partial charge in [0.2, 0.25) is 5.91 Å². The molecule has 0 heterocycles. The molecule has 0 aromatic carbocycles. The lowest BCUT2D eigenvalue weighted by Crippen LogP contribution is -2.35. The van der Waals surface area contributed by atoms with Gasteiger partial charge < -0.3 is 10.4 Å². The fourth-order valence-electron chi connectivity index (χ4n) is 1.19. The minimum atomic E-state index is -0.0154. The van der Waals surface area contributed by atoms with Gasteiger partial charge in [-0.2, -0.15) is 11.8 Å². The standard InChI is InChI=1S/C12H25NO2S/c1-4-5-8-16-9-11(15)13-10-12(2,3)6-7-14/h14H,4-10H2,1-3H3,(H,13,15). The predicted molar refractivity (Wildman–Crippen MR) is 70.7 cm³/mol. The average Bonchev–Trinajstić information content (AvgIpc) is 2.22. The number of amides is 1. The smallest absolute Gasteiger partial charge is 0.230 e. The Hall–Kier alpha value is -0.220. The molecular formula is C12H25NO2S. The molecule has 0 bridgehead atoms. The van der Waals surface area contributed by atoms with E-state index in [9.17, 15) is 4.79 Å². The summed E-state index contributed by atoms with van der Waals surface area (Å²) in [6.45, 7) is 7.06. The normalized spacial score (nSPS) is 11.5. The Kier molecular flexibility index (Phi) is 8.76. The molecule has 1 amide bonds. The fraction of sp³-hybridized carbons (Fsp3) is 0.917. The van der Waals surface area contributed by atoms with Gasteiger partial charge >= 0.3 is 0 Å². The summed E-state index contributed by atoms with van der Waals surface area (Å²) >= 11 is 1.69. The molecule has 96 valence electrons. The van der Waals surface area contributed by atoms with Crippen molar-refractivity contribution in [2.45, 2.75) is 40.0 Å². The highest BCUT2D eigenvalue weighted by molar-refractivity contribution is 7.99. The first-order valence-electron chi connectivity index (χ1n) is 5.97. The zero-order valence-corrected chi connectivity index (χ0v) is 11.5. The van der Waals surface area contributed by atoms with Crippen LogP contribution in [0.4, 0.5) is 0 Å². The van der Waals surface area contributed by atoms with Gasteiger partial charge in [0.1, 0.15) is 0 Å². The van der Waals surface area contributed by atoms with Crippen molar-refractivity contribution in [1.29, 1.82) is 0 Å². The number of nitrogens with one attached hydrogen (secondary N) is 1. The number of aliphatic hydroxyl groups excluding tert-OH is 1. The van der Waals surface area contributed by atoms with Crippen LogP contribution in [0.25, 0.3) is 0 Å². The molecule has 0 saturated heterocycles. The van der Waals surface area contributed by atoms with E-state index in [1.54, 1.807) is 11.8 Å². The van der Waals surface area contributed by atoms with Crippen molar-refractivity contribution < 1.29 is 9.90 Å². The van der Waals surface area contributed by atoms with Crippen LogP contribution in [0.3, 0.4) is 0 Å². The Morgan fingerprint density at radius 2 is 2.12 bits per heavy atom. The van der Waals surface area contributed by atoms with E-state index >= 15 is 0 Å². The number of hydrogen-bond acceptors (Lipinski definition) is 3. The summed E-state index contributed by atoms with van der Waals surface area (Å²) in [4.78, 5) is 11.5. The fourth-order valence-corrected chi connectivity index (χ4v) is 2.12. The molecular weight excluding hydrogens is 222 g/mol. The first kappa shape index (κ1) is 15.8. The van der Waals surface area contributed by atoms with Gasteiger partial charge in [0, 0.05) is 13.2 Å². The summed E-state index contributed by atoms with van der Waals surface area (Å²) in [5, 5.41) is 11.8. The van der Waals surface area contributed by atoms with E-state index in [0.29, 0.717) is 12.3 Å². The van der Waals surface area contributed by atoms with Crippen LogP contribution in [0.1, 0.15) is 40.0 Å². The van der Waals surface area contributed by atoms with Crippen molar-refractivity contribution >= 4 is 17.7 Å². The van der Waals surface area contributed by atoms with Crippen molar-refractivity contribution in [1.82, 2.24) is 5.32 Å². The maximum absolute atomic E-state index is 11.5. The molecule has 4 heteroatoms. The van der Waals surface area contributed by atoms with Crippen molar-refractivity contribution in [2.75, 3.05) is 24.7 Å². The third-order valence-corrected chi connectivity index (χ3v) is 3.47. The van der Waals surface area contributed by atoms with Crippen molar-refractivity contribution in [3.8, 4) is 0 Å². The quantitative estimate of drug-likeness (QED) is 0.613. The van der Waals surface area contributed by atoms with Crippen LogP contribution in [0.5, 0.6) is 0 Å². The van der Waals surface area contributed by atoms with E-state index in [1.165, 1.54) is 12.8 Å². The summed E-state index contributed by atoms with van der Waals surface area (Å²) in [6.07, 6.45) is 3.07. The van der Waals surface area contributed by atoms with E-state index in [2.05, 4.69) is 12.2 Å². The monoisotopic (exact) mass is 247 g/mol. The zero-order valence-electron chi connectivity index (χ0n) is 10.7. The van der Waals surface area contributed by atoms with Gasteiger partial charge in [-0.25, -0.2) is 0 Å². The third kappa shape index (κ3) is 9.04. The first-order chi connectivity index (χ1) is 7.52. The van der Waals surface area contributed by atoms with Crippen LogP contribution in [-0.4, -0.2) is 35.7 Å². The minimum absolute atomic E-state index is 0.0154. The van der Waals surface area contributed by atoms with E-state index in [1.807, 2.05) is 13.8 Å². The Morgan fingerprint density at radius 3 is 2.69 bits per heavy atom. The summed E-state index contributed by atoms with van der Waals surface area (Å²) in [5.41, 5.74) is -0.0154. The van der Waals surface area contributed by atoms with Gasteiger partial charge in [-0.3, -0.25) is 4.79 Å². The summed E-state index contributed by atoms with van der Waals surface area (Å²) in [6, 6.07) is 0. The number of thioether (sulfide) groups is 1. The topological polar surface area (TPSA) is 49.3 Å². The van der Waals surface area contributed by atoms with Gasteiger partial charge in [-0.05, 0) is 24.0 Å². The molecule has 0 aromatic rings. The Balaban J connectivity index is 3.56.